The van der Waals surface area contributed by atoms with Crippen LogP contribution >= 0.6 is 12.8 Å². The molecule has 0 heterocycles. The fourth-order valence-corrected chi connectivity index (χ4v) is 0.321. The maximum atomic E-state index is 4.86. The van der Waals surface area contributed by atoms with Crippen LogP contribution in [-0.2, 0) is 0 Å². The molecule has 0 amide bonds. The molecule has 0 spiro atoms. The molecular formula is C5H5Cl2Ho. The molecule has 1 aliphatic carbocycles. The van der Waals surface area contributed by atoms with Crippen molar-refractivity contribution in [2.75, 3.05) is 0 Å². The number of rotatable bonds is 0. The van der Waals surface area contributed by atoms with Crippen molar-refractivity contribution in [3.63, 3.8) is 0 Å². The molecule has 0 bridgehead atoms. The van der Waals surface area contributed by atoms with E-state index in [1.54, 1.807) is 0 Å². The molecule has 0 aromatic rings. The molecule has 0 N–H and O–H groups in total. The monoisotopic (exact) mass is 300 g/mol. The minimum atomic E-state index is -0.389. The Labute approximate surface area is 73.3 Å². The number of hydrogen-bond donors (Lipinski definition) is 0. The van der Waals surface area contributed by atoms with Crippen LogP contribution in [0, 0.1) is 37.3 Å². The summed E-state index contributed by atoms with van der Waals surface area (Å²) in [6, 6.07) is 0. The summed E-state index contributed by atoms with van der Waals surface area (Å²) in [6.07, 6.45) is 19.7. The van der Waals surface area contributed by atoms with E-state index in [4.69, 9.17) is 12.8 Å². The Morgan fingerprint density at radius 3 is 1.38 bits per heavy atom. The predicted molar refractivity (Wildman–Crippen MR) is 34.3 cm³/mol. The van der Waals surface area contributed by atoms with Crippen molar-refractivity contribution in [3.8, 4) is 0 Å². The van der Waals surface area contributed by atoms with E-state index in [1.165, 1.54) is 0 Å². The topological polar surface area (TPSA) is 0 Å². The van der Waals surface area contributed by atoms with Gasteiger partial charge in [0.1, 0.15) is 0 Å². The summed E-state index contributed by atoms with van der Waals surface area (Å²) in [6.45, 7) is 0. The van der Waals surface area contributed by atoms with Crippen molar-refractivity contribution < 1.29 is 30.8 Å². The zero-order valence-corrected chi connectivity index (χ0v) is 7.39. The summed E-state index contributed by atoms with van der Waals surface area (Å²) in [5.41, 5.74) is 0. The summed E-state index contributed by atoms with van der Waals surface area (Å²) in [5, 5.41) is 0. The molecule has 1 radical (unpaired) electrons. The van der Waals surface area contributed by atoms with Crippen molar-refractivity contribution in [1.29, 1.82) is 0 Å². The second-order valence-corrected chi connectivity index (χ2v) is 3.84. The molecule has 0 fully saturated rings. The Bertz CT molecular complexity index is 78.4. The van der Waals surface area contributed by atoms with Gasteiger partial charge in [-0.3, -0.25) is 0 Å². The molecule has 0 unspecified atom stereocenters. The van der Waals surface area contributed by atoms with Gasteiger partial charge in [0.2, 0.25) is 0 Å². The zero-order chi connectivity index (χ0) is 6.24. The zero-order valence-electron chi connectivity index (χ0n) is 3.94. The van der Waals surface area contributed by atoms with E-state index < -0.39 is 0 Å². The molecule has 0 atom stereocenters. The molecule has 0 saturated carbocycles. The summed E-state index contributed by atoms with van der Waals surface area (Å²) in [7, 11) is 0. The molecule has 8 heavy (non-hydrogen) atoms. The average molecular weight is 301 g/mol. The molecule has 50 valence electrons. The van der Waals surface area contributed by atoms with E-state index in [1.807, 2.05) is 30.7 Å². The normalized spacial score (nSPS) is 13.8. The van der Waals surface area contributed by atoms with E-state index in [-0.39, 0.29) is 30.8 Å². The Balaban J connectivity index is 0.000000145. The first-order valence-electron chi connectivity index (χ1n) is 1.89. The molecule has 1 aliphatic rings. The van der Waals surface area contributed by atoms with Gasteiger partial charge in [-0.25, -0.2) is 0 Å². The van der Waals surface area contributed by atoms with Crippen LogP contribution in [0.3, 0.4) is 0 Å². The van der Waals surface area contributed by atoms with Crippen molar-refractivity contribution in [3.05, 3.63) is 30.7 Å². The maximum absolute atomic E-state index is 4.86. The summed E-state index contributed by atoms with van der Waals surface area (Å²) in [4.78, 5) is 0. The van der Waals surface area contributed by atoms with Gasteiger partial charge >= 0.3 is 43.6 Å². The van der Waals surface area contributed by atoms with Gasteiger partial charge in [-0.1, -0.05) is 24.3 Å². The third-order valence-corrected chi connectivity index (χ3v) is 0.556. The van der Waals surface area contributed by atoms with Gasteiger partial charge in [-0.15, -0.1) is 0 Å². The van der Waals surface area contributed by atoms with Crippen LogP contribution in [0.4, 0.5) is 0 Å². The molecule has 0 aliphatic heterocycles. The van der Waals surface area contributed by atoms with E-state index >= 15 is 0 Å². The van der Waals surface area contributed by atoms with Gasteiger partial charge < -0.3 is 0 Å². The molecule has 3 heteroatoms. The van der Waals surface area contributed by atoms with Crippen LogP contribution in [0.25, 0.3) is 0 Å². The van der Waals surface area contributed by atoms with Gasteiger partial charge in [-0.2, -0.15) is 0 Å². The van der Waals surface area contributed by atoms with Gasteiger partial charge in [0.05, 0.1) is 0 Å². The van der Waals surface area contributed by atoms with Gasteiger partial charge in [-0.05, 0) is 0 Å². The number of halogens is 2. The molecule has 0 saturated heterocycles. The van der Waals surface area contributed by atoms with E-state index in [0.29, 0.717) is 0 Å². The molecule has 0 nitrogen and oxygen atoms in total. The molecular weight excluding hydrogens is 296 g/mol. The average Bonchev–Trinajstić information content (AvgIpc) is 2.17. The van der Waals surface area contributed by atoms with Crippen LogP contribution in [-0.4, -0.2) is 0 Å². The quantitative estimate of drug-likeness (QED) is 0.604. The van der Waals surface area contributed by atoms with E-state index in [0.717, 1.165) is 0 Å². The number of allylic oxidation sites excluding steroid dienone is 4. The Hall–Kier alpha value is 1.32. The van der Waals surface area contributed by atoms with Gasteiger partial charge in [0.25, 0.3) is 0 Å². The van der Waals surface area contributed by atoms with E-state index in [9.17, 15) is 0 Å². The van der Waals surface area contributed by atoms with E-state index in [2.05, 4.69) is 0 Å². The first kappa shape index (κ1) is 9.32. The standard InChI is InChI=1S/C5H5.2ClH.Ho/c1-2-4-5-3-1;;;/h1-5H;2*1H;/q;;;+2/p-2. The molecule has 1 rings (SSSR count). The van der Waals surface area contributed by atoms with Gasteiger partial charge in [0.15, 0.2) is 0 Å². The fraction of sp³-hybridized carbons (Fsp3) is 0. The SMILES string of the molecule is [CH]1C=CC=C1.[Cl][Ho][Cl]. The van der Waals surface area contributed by atoms with Crippen LogP contribution in [0.5, 0.6) is 0 Å². The summed E-state index contributed by atoms with van der Waals surface area (Å²) >= 11 is -0.389. The fourth-order valence-electron chi connectivity index (χ4n) is 0.321. The molecule has 0 aromatic heterocycles. The van der Waals surface area contributed by atoms with Crippen molar-refractivity contribution >= 4 is 12.8 Å². The Morgan fingerprint density at radius 2 is 1.25 bits per heavy atom. The van der Waals surface area contributed by atoms with Crippen molar-refractivity contribution in [2.45, 2.75) is 0 Å². The summed E-state index contributed by atoms with van der Waals surface area (Å²) in [5.74, 6) is 0. The van der Waals surface area contributed by atoms with Crippen molar-refractivity contribution in [2.24, 2.45) is 0 Å². The third kappa shape index (κ3) is 7.32. The molecule has 0 aromatic carbocycles. The first-order chi connectivity index (χ1) is 3.91. The Kier molecular flexibility index (Phi) is 9.69. The Morgan fingerprint density at radius 1 is 0.875 bits per heavy atom. The second kappa shape index (κ2) is 8.32. The third-order valence-electron chi connectivity index (χ3n) is 0.556. The second-order valence-electron chi connectivity index (χ2n) is 1.01. The minimum absolute atomic E-state index is 0.389. The number of hydrogen-bond acceptors (Lipinski definition) is 0. The first-order valence-corrected chi connectivity index (χ1v) is 6.74. The van der Waals surface area contributed by atoms with Crippen LogP contribution in [0.15, 0.2) is 24.3 Å². The van der Waals surface area contributed by atoms with Crippen LogP contribution in [0.2, 0.25) is 0 Å². The van der Waals surface area contributed by atoms with Crippen molar-refractivity contribution in [1.82, 2.24) is 0 Å². The van der Waals surface area contributed by atoms with Gasteiger partial charge in [0, 0.05) is 6.42 Å². The van der Waals surface area contributed by atoms with Crippen LogP contribution in [0.1, 0.15) is 0 Å². The predicted octanol–water partition coefficient (Wildman–Crippen LogP) is 2.70. The van der Waals surface area contributed by atoms with Crippen LogP contribution < -0.4 is 0 Å². The summed E-state index contributed by atoms with van der Waals surface area (Å²) < 4.78 is 0.